The van der Waals surface area contributed by atoms with Gasteiger partial charge in [-0.05, 0) is 54.0 Å². The summed E-state index contributed by atoms with van der Waals surface area (Å²) in [7, 11) is 1.33. The summed E-state index contributed by atoms with van der Waals surface area (Å²) in [5, 5.41) is 11.6. The Kier molecular flexibility index (Phi) is 9.11. The van der Waals surface area contributed by atoms with E-state index in [9.17, 15) is 4.79 Å². The number of pyridine rings is 1. The van der Waals surface area contributed by atoms with Crippen LogP contribution in [0.3, 0.4) is 0 Å². The van der Waals surface area contributed by atoms with Gasteiger partial charge in [-0.3, -0.25) is 15.1 Å². The third-order valence-electron chi connectivity index (χ3n) is 5.10. The highest BCUT2D eigenvalue weighted by atomic mass is 35.5. The van der Waals surface area contributed by atoms with E-state index in [0.717, 1.165) is 22.5 Å². The number of rotatable bonds is 9. The number of hydrogen-bond donors (Lipinski definition) is 1. The Hall–Kier alpha value is -3.56. The molecule has 0 aromatic carbocycles. The summed E-state index contributed by atoms with van der Waals surface area (Å²) in [6.45, 7) is 7.89. The molecule has 0 spiro atoms. The summed E-state index contributed by atoms with van der Waals surface area (Å²) in [6.07, 6.45) is 11.5. The zero-order chi connectivity index (χ0) is 25.4. The second-order valence-electron chi connectivity index (χ2n) is 7.37. The monoisotopic (exact) mass is 514 g/mol. The van der Waals surface area contributed by atoms with Gasteiger partial charge in [0.05, 0.1) is 7.11 Å². The molecule has 10 heteroatoms. The summed E-state index contributed by atoms with van der Waals surface area (Å²) >= 11 is 7.19. The van der Waals surface area contributed by atoms with Crippen molar-refractivity contribution in [3.8, 4) is 5.19 Å². The highest BCUT2D eigenvalue weighted by Gasteiger charge is 2.20. The molecule has 0 bridgehead atoms. The van der Waals surface area contributed by atoms with E-state index in [-0.39, 0.29) is 39.9 Å². The molecule has 0 saturated carbocycles. The fourth-order valence-corrected chi connectivity index (χ4v) is 3.92. The number of aromatic nitrogens is 3. The number of amides is 1. The topological polar surface area (TPSA) is 86.2 Å². The quantitative estimate of drug-likeness (QED) is 0.315. The summed E-state index contributed by atoms with van der Waals surface area (Å²) in [5.41, 5.74) is 1.95. The third-order valence-corrected chi connectivity index (χ3v) is 6.10. The van der Waals surface area contributed by atoms with Gasteiger partial charge >= 0.3 is 0 Å². The van der Waals surface area contributed by atoms with E-state index in [2.05, 4.69) is 34.0 Å². The fraction of sp³-hybridized carbons (Fsp3) is 0.200. The van der Waals surface area contributed by atoms with Gasteiger partial charge in [-0.15, -0.1) is 5.10 Å². The number of anilines is 1. The van der Waals surface area contributed by atoms with Gasteiger partial charge in [0.1, 0.15) is 12.3 Å². The number of methoxy groups -OCH3 is 1. The van der Waals surface area contributed by atoms with E-state index in [1.165, 1.54) is 43.7 Å². The van der Waals surface area contributed by atoms with Crippen molar-refractivity contribution in [2.24, 2.45) is 5.92 Å². The lowest BCUT2D eigenvalue weighted by Gasteiger charge is -2.11. The van der Waals surface area contributed by atoms with Crippen molar-refractivity contribution in [2.75, 3.05) is 19.0 Å². The smallest absolute Gasteiger partial charge is 0.296 e. The summed E-state index contributed by atoms with van der Waals surface area (Å²) in [5.74, 6) is -1.29. The van der Waals surface area contributed by atoms with Gasteiger partial charge in [-0.25, -0.2) is 4.39 Å². The van der Waals surface area contributed by atoms with Crippen LogP contribution >= 0.6 is 22.9 Å². The highest BCUT2D eigenvalue weighted by Crippen LogP contribution is 2.28. The number of ether oxygens (including phenoxy) is 2. The van der Waals surface area contributed by atoms with Crippen LogP contribution in [0, 0.1) is 5.92 Å². The predicted octanol–water partition coefficient (Wildman–Crippen LogP) is 6.24. The summed E-state index contributed by atoms with van der Waals surface area (Å²) < 4.78 is 25.9. The Balaban J connectivity index is 1.73. The molecule has 0 fully saturated rings. The Labute approximate surface area is 212 Å². The number of nitrogens with one attached hydrogen (secondary N) is 1. The van der Waals surface area contributed by atoms with E-state index in [1.807, 2.05) is 25.2 Å². The van der Waals surface area contributed by atoms with Crippen LogP contribution in [0.15, 0.2) is 83.3 Å². The van der Waals surface area contributed by atoms with Crippen molar-refractivity contribution in [2.45, 2.75) is 13.8 Å². The molecule has 0 saturated heterocycles. The number of carbonyl (C=O) groups excluding carboxylic acids is 1. The van der Waals surface area contributed by atoms with Crippen LogP contribution in [0.4, 0.5) is 9.52 Å². The molecule has 7 nitrogen and oxygen atoms in total. The van der Waals surface area contributed by atoms with E-state index in [4.69, 9.17) is 21.1 Å². The first kappa shape index (κ1) is 26.1. The minimum atomic E-state index is -0.742. The fourth-order valence-electron chi connectivity index (χ4n) is 3.08. The number of halogens is 2. The zero-order valence-electron chi connectivity index (χ0n) is 19.4. The largest absolute Gasteiger partial charge is 0.494 e. The van der Waals surface area contributed by atoms with Gasteiger partial charge in [0.2, 0.25) is 5.13 Å². The van der Waals surface area contributed by atoms with Gasteiger partial charge in [-0.2, -0.15) is 0 Å². The molecule has 0 aliphatic heterocycles. The minimum Gasteiger partial charge on any atom is -0.494 e. The van der Waals surface area contributed by atoms with E-state index < -0.39 is 11.7 Å². The van der Waals surface area contributed by atoms with Crippen LogP contribution in [0.1, 0.15) is 29.9 Å². The predicted molar refractivity (Wildman–Crippen MR) is 137 cm³/mol. The van der Waals surface area contributed by atoms with Crippen LogP contribution in [-0.2, 0) is 4.74 Å². The van der Waals surface area contributed by atoms with Crippen molar-refractivity contribution < 1.29 is 18.7 Å². The Morgan fingerprint density at radius 2 is 2.17 bits per heavy atom. The lowest BCUT2D eigenvalue weighted by atomic mass is 9.98. The van der Waals surface area contributed by atoms with Crippen LogP contribution in [0.2, 0.25) is 0 Å². The summed E-state index contributed by atoms with van der Waals surface area (Å²) in [4.78, 5) is 16.9. The van der Waals surface area contributed by atoms with E-state index in [0.29, 0.717) is 5.03 Å². The Bertz CT molecular complexity index is 1260. The number of hydrogen-bond acceptors (Lipinski definition) is 7. The Morgan fingerprint density at radius 3 is 2.91 bits per heavy atom. The van der Waals surface area contributed by atoms with Crippen molar-refractivity contribution in [3.05, 3.63) is 94.6 Å². The molecule has 1 N–H and O–H groups in total. The van der Waals surface area contributed by atoms with Crippen LogP contribution in [0.25, 0.3) is 5.83 Å². The van der Waals surface area contributed by atoms with Crippen LogP contribution in [-0.4, -0.2) is 34.8 Å². The first-order chi connectivity index (χ1) is 16.8. The molecule has 1 aliphatic carbocycles. The molecule has 182 valence electrons. The van der Waals surface area contributed by atoms with Gasteiger partial charge in [0, 0.05) is 16.8 Å². The molecular formula is C25H24ClFN4O3S. The first-order valence-corrected chi connectivity index (χ1v) is 11.7. The molecule has 2 heterocycles. The molecule has 1 unspecified atom stereocenters. The van der Waals surface area contributed by atoms with Crippen LogP contribution < -0.4 is 10.1 Å². The first-order valence-electron chi connectivity index (χ1n) is 10.5. The molecular weight excluding hydrogens is 491 g/mol. The van der Waals surface area contributed by atoms with Gasteiger partial charge < -0.3 is 9.47 Å². The summed E-state index contributed by atoms with van der Waals surface area (Å²) in [6, 6.07) is 2.96. The molecule has 1 amide bonds. The number of allylic oxidation sites excluding steroid dienone is 7. The maximum Gasteiger partial charge on any atom is 0.296 e. The second-order valence-corrected chi connectivity index (χ2v) is 8.75. The maximum absolute atomic E-state index is 15.1. The SMILES string of the molecule is C=C/C=C\C(OC)=C(/F)c1cccnc1C(=O)Nc1nnc(OCC2=C(C)C(C)C=C(Cl)C=C2)s1. The number of carbonyl (C=O) groups is 1. The van der Waals surface area contributed by atoms with Crippen molar-refractivity contribution in [3.63, 3.8) is 0 Å². The second kappa shape index (κ2) is 12.2. The average molecular weight is 515 g/mol. The zero-order valence-corrected chi connectivity index (χ0v) is 21.0. The molecule has 35 heavy (non-hydrogen) atoms. The molecule has 2 aromatic rings. The Morgan fingerprint density at radius 1 is 1.37 bits per heavy atom. The highest BCUT2D eigenvalue weighted by molar-refractivity contribution is 7.17. The maximum atomic E-state index is 15.1. The third kappa shape index (κ3) is 6.74. The number of nitrogens with zero attached hydrogens (tertiary/aromatic N) is 3. The molecule has 1 aliphatic rings. The molecule has 3 rings (SSSR count). The normalized spacial score (nSPS) is 16.5. The molecule has 2 aromatic heterocycles. The lowest BCUT2D eigenvalue weighted by Crippen LogP contribution is -2.15. The molecule has 0 radical (unpaired) electrons. The average Bonchev–Trinajstić information content (AvgIpc) is 3.26. The standard InChI is InChI=1S/C25H24ClFN4O3S/c1-5-6-9-20(33-4)21(27)19-8-7-12-28-22(19)23(32)29-24-30-31-25(35-24)34-14-17-10-11-18(26)13-15(2)16(17)3/h5-13,15H,1,14H2,2-4H3,(H,29,30,32)/b9-6-,21-20+. The van der Waals surface area contributed by atoms with Gasteiger partial charge in [0.15, 0.2) is 11.6 Å². The minimum absolute atomic E-state index is 0.0273. The lowest BCUT2D eigenvalue weighted by molar-refractivity contribution is 0.102. The van der Waals surface area contributed by atoms with Crippen molar-refractivity contribution >= 4 is 39.8 Å². The van der Waals surface area contributed by atoms with Gasteiger partial charge in [0.25, 0.3) is 11.1 Å². The van der Waals surface area contributed by atoms with Crippen molar-refractivity contribution in [1.29, 1.82) is 0 Å². The van der Waals surface area contributed by atoms with Crippen molar-refractivity contribution in [1.82, 2.24) is 15.2 Å². The van der Waals surface area contributed by atoms with Gasteiger partial charge in [-0.1, -0.05) is 60.1 Å². The van der Waals surface area contributed by atoms with Crippen LogP contribution in [0.5, 0.6) is 5.19 Å². The molecule has 1 atom stereocenters. The van der Waals surface area contributed by atoms with E-state index >= 15 is 4.39 Å². The van der Waals surface area contributed by atoms with E-state index in [1.54, 1.807) is 0 Å².